The molecule has 0 amide bonds. The molecular weight excluding hydrogens is 399 g/mol. The zero-order chi connectivity index (χ0) is 14.4. The van der Waals surface area contributed by atoms with Crippen molar-refractivity contribution in [2.24, 2.45) is 4.99 Å². The molecule has 0 aliphatic heterocycles. The van der Waals surface area contributed by atoms with Gasteiger partial charge in [0.25, 0.3) is 0 Å². The first kappa shape index (κ1) is 17.9. The van der Waals surface area contributed by atoms with Gasteiger partial charge < -0.3 is 10.6 Å². The Morgan fingerprint density at radius 2 is 2.19 bits per heavy atom. The molecular formula is C13H21IN6S. The van der Waals surface area contributed by atoms with Gasteiger partial charge in [0.05, 0.1) is 19.3 Å². The Labute approximate surface area is 146 Å². The van der Waals surface area contributed by atoms with E-state index in [2.05, 4.69) is 25.7 Å². The fourth-order valence-corrected chi connectivity index (χ4v) is 2.45. The number of nitrogens with one attached hydrogen (secondary N) is 2. The van der Waals surface area contributed by atoms with E-state index in [9.17, 15) is 0 Å². The van der Waals surface area contributed by atoms with Gasteiger partial charge in [0, 0.05) is 30.9 Å². The van der Waals surface area contributed by atoms with Crippen molar-refractivity contribution in [3.63, 3.8) is 0 Å². The summed E-state index contributed by atoms with van der Waals surface area (Å²) >= 11 is 1.65. The Kier molecular flexibility index (Phi) is 7.65. The number of guanidine groups is 1. The molecule has 2 aromatic heterocycles. The number of nitrogens with zero attached hydrogens (tertiary/aromatic N) is 4. The number of aromatic nitrogens is 3. The minimum atomic E-state index is 0. The van der Waals surface area contributed by atoms with Crippen LogP contribution in [0.5, 0.6) is 0 Å². The third-order valence-corrected chi connectivity index (χ3v) is 3.66. The van der Waals surface area contributed by atoms with Crippen LogP contribution in [0.3, 0.4) is 0 Å². The van der Waals surface area contributed by atoms with E-state index in [4.69, 9.17) is 0 Å². The van der Waals surface area contributed by atoms with Crippen LogP contribution in [0.15, 0.2) is 22.8 Å². The minimum absolute atomic E-state index is 0. The molecule has 2 aromatic rings. The van der Waals surface area contributed by atoms with Crippen LogP contribution < -0.4 is 10.6 Å². The van der Waals surface area contributed by atoms with Gasteiger partial charge in [-0.05, 0) is 19.4 Å². The summed E-state index contributed by atoms with van der Waals surface area (Å²) in [6.45, 7) is 6.31. The van der Waals surface area contributed by atoms with E-state index in [1.807, 2.05) is 36.3 Å². The fourth-order valence-electron chi connectivity index (χ4n) is 1.74. The first-order chi connectivity index (χ1) is 9.67. The zero-order valence-electron chi connectivity index (χ0n) is 12.5. The number of hydrogen-bond donors (Lipinski definition) is 2. The number of hydrogen-bond acceptors (Lipinski definition) is 4. The maximum atomic E-state index is 4.41. The van der Waals surface area contributed by atoms with Gasteiger partial charge in [-0.2, -0.15) is 5.10 Å². The van der Waals surface area contributed by atoms with Gasteiger partial charge in [-0.15, -0.1) is 35.3 Å². The van der Waals surface area contributed by atoms with E-state index in [0.717, 1.165) is 29.8 Å². The molecule has 0 saturated heterocycles. The molecule has 0 spiro atoms. The second kappa shape index (κ2) is 8.98. The highest BCUT2D eigenvalue weighted by molar-refractivity contribution is 14.0. The second-order valence-corrected chi connectivity index (χ2v) is 5.46. The van der Waals surface area contributed by atoms with E-state index < -0.39 is 0 Å². The first-order valence-electron chi connectivity index (χ1n) is 6.52. The van der Waals surface area contributed by atoms with Crippen molar-refractivity contribution in [2.75, 3.05) is 13.6 Å². The van der Waals surface area contributed by atoms with E-state index in [1.165, 1.54) is 5.56 Å². The molecule has 0 aliphatic rings. The summed E-state index contributed by atoms with van der Waals surface area (Å²) in [7, 11) is 1.76. The smallest absolute Gasteiger partial charge is 0.191 e. The average Bonchev–Trinajstić information content (AvgIpc) is 3.02. The lowest BCUT2D eigenvalue weighted by molar-refractivity contribution is 0.597. The lowest BCUT2D eigenvalue weighted by Gasteiger charge is -2.10. The molecule has 2 rings (SSSR count). The Bertz CT molecular complexity index is 577. The van der Waals surface area contributed by atoms with Crippen molar-refractivity contribution >= 4 is 41.3 Å². The van der Waals surface area contributed by atoms with E-state index in [-0.39, 0.29) is 24.0 Å². The van der Waals surface area contributed by atoms with Crippen molar-refractivity contribution in [3.05, 3.63) is 34.0 Å². The molecule has 0 aliphatic carbocycles. The molecule has 0 bridgehead atoms. The topological polar surface area (TPSA) is 67.1 Å². The summed E-state index contributed by atoms with van der Waals surface area (Å²) in [6, 6.07) is 0. The zero-order valence-corrected chi connectivity index (χ0v) is 15.6. The van der Waals surface area contributed by atoms with Crippen LogP contribution in [0.4, 0.5) is 0 Å². The Hall–Kier alpha value is -1.16. The number of rotatable bonds is 5. The minimum Gasteiger partial charge on any atom is -0.355 e. The summed E-state index contributed by atoms with van der Waals surface area (Å²) in [4.78, 5) is 8.59. The SMILES string of the molecule is CN=C(NCCn1cc(C)cn1)NCc1nc(C)cs1.I. The molecule has 2 N–H and O–H groups in total. The van der Waals surface area contributed by atoms with E-state index >= 15 is 0 Å². The fraction of sp³-hybridized carbons (Fsp3) is 0.462. The largest absolute Gasteiger partial charge is 0.355 e. The molecule has 116 valence electrons. The van der Waals surface area contributed by atoms with Crippen molar-refractivity contribution in [1.82, 2.24) is 25.4 Å². The maximum absolute atomic E-state index is 4.41. The van der Waals surface area contributed by atoms with E-state index in [1.54, 1.807) is 18.4 Å². The van der Waals surface area contributed by atoms with Gasteiger partial charge in [-0.3, -0.25) is 9.67 Å². The van der Waals surface area contributed by atoms with Gasteiger partial charge in [0.15, 0.2) is 5.96 Å². The number of halogens is 1. The molecule has 8 heteroatoms. The van der Waals surface area contributed by atoms with Crippen LogP contribution >= 0.6 is 35.3 Å². The van der Waals surface area contributed by atoms with Crippen LogP contribution in [0.1, 0.15) is 16.3 Å². The second-order valence-electron chi connectivity index (χ2n) is 4.52. The number of thiazole rings is 1. The predicted molar refractivity (Wildman–Crippen MR) is 97.4 cm³/mol. The van der Waals surface area contributed by atoms with Crippen molar-refractivity contribution in [3.8, 4) is 0 Å². The van der Waals surface area contributed by atoms with Crippen LogP contribution in [-0.2, 0) is 13.1 Å². The average molecular weight is 420 g/mol. The molecule has 0 unspecified atom stereocenters. The van der Waals surface area contributed by atoms with Crippen LogP contribution in [0.2, 0.25) is 0 Å². The van der Waals surface area contributed by atoms with Gasteiger partial charge in [0.1, 0.15) is 5.01 Å². The normalized spacial score (nSPS) is 11.1. The van der Waals surface area contributed by atoms with Gasteiger partial charge in [-0.25, -0.2) is 4.98 Å². The first-order valence-corrected chi connectivity index (χ1v) is 7.40. The molecule has 0 radical (unpaired) electrons. The standard InChI is InChI=1S/C13H20N6S.HI/c1-10-6-17-19(8-10)5-4-15-13(14-3)16-7-12-18-11(2)9-20-12;/h6,8-9H,4-5,7H2,1-3H3,(H2,14,15,16);1H. The van der Waals surface area contributed by atoms with E-state index in [0.29, 0.717) is 6.54 Å². The van der Waals surface area contributed by atoms with Gasteiger partial charge in [-0.1, -0.05) is 0 Å². The number of aryl methyl sites for hydroxylation is 2. The van der Waals surface area contributed by atoms with Gasteiger partial charge in [0.2, 0.25) is 0 Å². The highest BCUT2D eigenvalue weighted by Gasteiger charge is 2.01. The Balaban J connectivity index is 0.00000220. The number of aliphatic imine (C=N–C) groups is 1. The molecule has 21 heavy (non-hydrogen) atoms. The molecule has 0 saturated carbocycles. The van der Waals surface area contributed by atoms with Crippen LogP contribution in [0.25, 0.3) is 0 Å². The van der Waals surface area contributed by atoms with Crippen molar-refractivity contribution in [1.29, 1.82) is 0 Å². The predicted octanol–water partition coefficient (Wildman–Crippen LogP) is 1.94. The highest BCUT2D eigenvalue weighted by atomic mass is 127. The summed E-state index contributed by atoms with van der Waals surface area (Å²) in [5, 5.41) is 13.9. The van der Waals surface area contributed by atoms with Gasteiger partial charge >= 0.3 is 0 Å². The quantitative estimate of drug-likeness (QED) is 0.441. The van der Waals surface area contributed by atoms with Crippen molar-refractivity contribution in [2.45, 2.75) is 26.9 Å². The molecule has 0 aromatic carbocycles. The lowest BCUT2D eigenvalue weighted by atomic mass is 10.4. The summed E-state index contributed by atoms with van der Waals surface area (Å²) in [5.74, 6) is 0.779. The highest BCUT2D eigenvalue weighted by Crippen LogP contribution is 2.07. The van der Waals surface area contributed by atoms with Crippen LogP contribution in [0, 0.1) is 13.8 Å². The summed E-state index contributed by atoms with van der Waals surface area (Å²) in [6.07, 6.45) is 3.88. The molecule has 6 nitrogen and oxygen atoms in total. The van der Waals surface area contributed by atoms with Crippen LogP contribution in [-0.4, -0.2) is 34.3 Å². The lowest BCUT2D eigenvalue weighted by Crippen LogP contribution is -2.38. The summed E-state index contributed by atoms with van der Waals surface area (Å²) in [5.41, 5.74) is 2.23. The molecule has 2 heterocycles. The molecule has 0 fully saturated rings. The third kappa shape index (κ3) is 6.00. The van der Waals surface area contributed by atoms with Crippen molar-refractivity contribution < 1.29 is 0 Å². The summed E-state index contributed by atoms with van der Waals surface area (Å²) < 4.78 is 1.92. The molecule has 0 atom stereocenters. The monoisotopic (exact) mass is 420 g/mol. The maximum Gasteiger partial charge on any atom is 0.191 e. The Morgan fingerprint density at radius 3 is 2.76 bits per heavy atom. The Morgan fingerprint density at radius 1 is 1.38 bits per heavy atom. The third-order valence-electron chi connectivity index (χ3n) is 2.69.